The molecule has 0 radical (unpaired) electrons. The van der Waals surface area contributed by atoms with Gasteiger partial charge in [0.2, 0.25) is 0 Å². The Bertz CT molecular complexity index is 464. The zero-order chi connectivity index (χ0) is 13.0. The van der Waals surface area contributed by atoms with Crippen molar-refractivity contribution in [2.75, 3.05) is 5.32 Å². The number of anilines is 1. The number of nitrogens with zero attached hydrogens (tertiary/aromatic N) is 2. The minimum Gasteiger partial charge on any atom is -0.382 e. The zero-order valence-corrected chi connectivity index (χ0v) is 11.7. The van der Waals surface area contributed by atoms with Crippen LogP contribution >= 0.6 is 11.8 Å². The number of hydrogen-bond acceptors (Lipinski definition) is 4. The number of benzene rings is 1. The quantitative estimate of drug-likeness (QED) is 0.867. The molecule has 1 atom stereocenters. The van der Waals surface area contributed by atoms with Crippen LogP contribution in [0.4, 0.5) is 5.69 Å². The SMILES string of the molecule is CC(C)C(C)Nc1ccc(Sc2ncn[nH]2)cc1. The number of aromatic amines is 1. The van der Waals surface area contributed by atoms with Crippen LogP contribution in [0.3, 0.4) is 0 Å². The van der Waals surface area contributed by atoms with Crippen LogP contribution in [0.25, 0.3) is 0 Å². The maximum atomic E-state index is 4.09. The topological polar surface area (TPSA) is 53.6 Å². The van der Waals surface area contributed by atoms with Crippen LogP contribution in [0.15, 0.2) is 40.6 Å². The molecule has 1 unspecified atom stereocenters. The fourth-order valence-electron chi connectivity index (χ4n) is 1.40. The monoisotopic (exact) mass is 262 g/mol. The summed E-state index contributed by atoms with van der Waals surface area (Å²) in [5.74, 6) is 0.619. The van der Waals surface area contributed by atoms with Crippen LogP contribution in [0, 0.1) is 5.92 Å². The Morgan fingerprint density at radius 3 is 2.44 bits per heavy atom. The second kappa shape index (κ2) is 5.91. The van der Waals surface area contributed by atoms with E-state index < -0.39 is 0 Å². The van der Waals surface area contributed by atoms with Crippen molar-refractivity contribution in [2.45, 2.75) is 36.9 Å². The van der Waals surface area contributed by atoms with Gasteiger partial charge in [0.1, 0.15) is 6.33 Å². The van der Waals surface area contributed by atoms with E-state index in [1.54, 1.807) is 11.8 Å². The van der Waals surface area contributed by atoms with E-state index in [1.807, 2.05) is 0 Å². The highest BCUT2D eigenvalue weighted by molar-refractivity contribution is 7.99. The molecule has 5 heteroatoms. The fraction of sp³-hybridized carbons (Fsp3) is 0.385. The van der Waals surface area contributed by atoms with Crippen molar-refractivity contribution in [1.29, 1.82) is 0 Å². The lowest BCUT2D eigenvalue weighted by Crippen LogP contribution is -2.21. The maximum absolute atomic E-state index is 4.09. The molecule has 18 heavy (non-hydrogen) atoms. The highest BCUT2D eigenvalue weighted by Crippen LogP contribution is 2.25. The molecule has 0 spiro atoms. The van der Waals surface area contributed by atoms with E-state index in [1.165, 1.54) is 6.33 Å². The lowest BCUT2D eigenvalue weighted by Gasteiger charge is -2.18. The van der Waals surface area contributed by atoms with Crippen LogP contribution in [0.5, 0.6) is 0 Å². The van der Waals surface area contributed by atoms with Gasteiger partial charge in [-0.1, -0.05) is 25.6 Å². The van der Waals surface area contributed by atoms with Gasteiger partial charge in [-0.3, -0.25) is 5.10 Å². The van der Waals surface area contributed by atoms with Gasteiger partial charge in [0.05, 0.1) is 0 Å². The average molecular weight is 262 g/mol. The normalized spacial score (nSPS) is 12.7. The number of hydrogen-bond donors (Lipinski definition) is 2. The maximum Gasteiger partial charge on any atom is 0.188 e. The largest absolute Gasteiger partial charge is 0.382 e. The first kappa shape index (κ1) is 13.0. The lowest BCUT2D eigenvalue weighted by atomic mass is 10.1. The standard InChI is InChI=1S/C13H18N4S/c1-9(2)10(3)16-11-4-6-12(7-5-11)18-13-14-8-15-17-13/h4-10,16H,1-3H3,(H,14,15,17). The predicted octanol–water partition coefficient (Wildman–Crippen LogP) is 3.41. The van der Waals surface area contributed by atoms with Crippen LogP contribution < -0.4 is 5.32 Å². The molecule has 0 aliphatic rings. The predicted molar refractivity (Wildman–Crippen MR) is 74.9 cm³/mol. The third-order valence-corrected chi connectivity index (χ3v) is 3.75. The molecule has 0 amide bonds. The molecule has 2 N–H and O–H groups in total. The van der Waals surface area contributed by atoms with Gasteiger partial charge in [-0.25, -0.2) is 4.98 Å². The molecule has 96 valence electrons. The Kier molecular flexibility index (Phi) is 4.25. The van der Waals surface area contributed by atoms with Crippen molar-refractivity contribution >= 4 is 17.4 Å². The summed E-state index contributed by atoms with van der Waals surface area (Å²) in [5, 5.41) is 11.0. The first-order valence-corrected chi connectivity index (χ1v) is 6.86. The molecule has 0 bridgehead atoms. The van der Waals surface area contributed by atoms with Gasteiger partial charge in [0.25, 0.3) is 0 Å². The van der Waals surface area contributed by atoms with Gasteiger partial charge in [-0.15, -0.1) is 0 Å². The zero-order valence-electron chi connectivity index (χ0n) is 10.8. The summed E-state index contributed by atoms with van der Waals surface area (Å²) in [4.78, 5) is 5.23. The first-order valence-electron chi connectivity index (χ1n) is 6.05. The molecule has 0 saturated heterocycles. The van der Waals surface area contributed by atoms with E-state index in [0.29, 0.717) is 12.0 Å². The van der Waals surface area contributed by atoms with Crippen molar-refractivity contribution in [3.8, 4) is 0 Å². The minimum atomic E-state index is 0.470. The van der Waals surface area contributed by atoms with Gasteiger partial charge < -0.3 is 5.32 Å². The smallest absolute Gasteiger partial charge is 0.188 e. The molecule has 1 aromatic heterocycles. The van der Waals surface area contributed by atoms with Gasteiger partial charge >= 0.3 is 0 Å². The third kappa shape index (κ3) is 3.50. The van der Waals surface area contributed by atoms with Crippen molar-refractivity contribution < 1.29 is 0 Å². The molecule has 0 aliphatic heterocycles. The van der Waals surface area contributed by atoms with Crippen molar-refractivity contribution in [1.82, 2.24) is 15.2 Å². The fourth-order valence-corrected chi connectivity index (χ4v) is 2.10. The molecule has 0 aliphatic carbocycles. The molecule has 2 rings (SSSR count). The Balaban J connectivity index is 1.97. The summed E-state index contributed by atoms with van der Waals surface area (Å²) in [7, 11) is 0. The molecule has 0 fully saturated rings. The van der Waals surface area contributed by atoms with Gasteiger partial charge in [-0.2, -0.15) is 5.10 Å². The van der Waals surface area contributed by atoms with Crippen molar-refractivity contribution in [2.24, 2.45) is 5.92 Å². The summed E-state index contributed by atoms with van der Waals surface area (Å²) in [6.07, 6.45) is 1.52. The van der Waals surface area contributed by atoms with E-state index in [-0.39, 0.29) is 0 Å². The van der Waals surface area contributed by atoms with Crippen molar-refractivity contribution in [3.05, 3.63) is 30.6 Å². The van der Waals surface area contributed by atoms with Crippen LogP contribution in [0.1, 0.15) is 20.8 Å². The average Bonchev–Trinajstić information content (AvgIpc) is 2.84. The van der Waals surface area contributed by atoms with E-state index in [4.69, 9.17) is 0 Å². The van der Waals surface area contributed by atoms with Crippen LogP contribution in [0.2, 0.25) is 0 Å². The summed E-state index contributed by atoms with van der Waals surface area (Å²) in [6.45, 7) is 6.62. The Morgan fingerprint density at radius 1 is 1.17 bits per heavy atom. The van der Waals surface area contributed by atoms with Gasteiger partial charge in [-0.05, 0) is 37.1 Å². The highest BCUT2D eigenvalue weighted by atomic mass is 32.2. The second-order valence-corrected chi connectivity index (χ2v) is 5.66. The molecule has 4 nitrogen and oxygen atoms in total. The van der Waals surface area contributed by atoms with Crippen LogP contribution in [-0.4, -0.2) is 21.2 Å². The van der Waals surface area contributed by atoms with Gasteiger partial charge in [0, 0.05) is 16.6 Å². The van der Waals surface area contributed by atoms with E-state index in [9.17, 15) is 0 Å². The Labute approximate surface area is 112 Å². The number of aromatic nitrogens is 3. The van der Waals surface area contributed by atoms with E-state index >= 15 is 0 Å². The third-order valence-electron chi connectivity index (χ3n) is 2.86. The number of rotatable bonds is 5. The molecule has 0 saturated carbocycles. The molecular formula is C13H18N4S. The Morgan fingerprint density at radius 2 is 1.89 bits per heavy atom. The number of H-pyrrole nitrogens is 1. The van der Waals surface area contributed by atoms with E-state index in [0.717, 1.165) is 15.7 Å². The van der Waals surface area contributed by atoms with Gasteiger partial charge in [0.15, 0.2) is 5.16 Å². The van der Waals surface area contributed by atoms with Crippen molar-refractivity contribution in [3.63, 3.8) is 0 Å². The molecular weight excluding hydrogens is 244 g/mol. The summed E-state index contributed by atoms with van der Waals surface area (Å²) in [5.41, 5.74) is 1.15. The molecule has 1 heterocycles. The minimum absolute atomic E-state index is 0.470. The highest BCUT2D eigenvalue weighted by Gasteiger charge is 2.06. The van der Waals surface area contributed by atoms with E-state index in [2.05, 4.69) is 65.5 Å². The number of nitrogens with one attached hydrogen (secondary N) is 2. The molecule has 1 aromatic carbocycles. The summed E-state index contributed by atoms with van der Waals surface area (Å²) < 4.78 is 0. The first-order chi connectivity index (χ1) is 8.65. The molecule has 2 aromatic rings. The second-order valence-electron chi connectivity index (χ2n) is 4.59. The summed E-state index contributed by atoms with van der Waals surface area (Å²) in [6, 6.07) is 8.83. The Hall–Kier alpha value is -1.49. The lowest BCUT2D eigenvalue weighted by molar-refractivity contribution is 0.560. The van der Waals surface area contributed by atoms with Crippen LogP contribution in [-0.2, 0) is 0 Å². The summed E-state index contributed by atoms with van der Waals surface area (Å²) >= 11 is 1.57.